The van der Waals surface area contributed by atoms with Gasteiger partial charge in [-0.25, -0.2) is 0 Å². The van der Waals surface area contributed by atoms with Gasteiger partial charge in [-0.2, -0.15) is 0 Å². The van der Waals surface area contributed by atoms with Gasteiger partial charge < -0.3 is 15.8 Å². The summed E-state index contributed by atoms with van der Waals surface area (Å²) in [7, 11) is 0. The third-order valence-corrected chi connectivity index (χ3v) is 4.06. The molecule has 2 saturated heterocycles. The molecule has 2 aliphatic heterocycles. The summed E-state index contributed by atoms with van der Waals surface area (Å²) in [6.45, 7) is 6.06. The average Bonchev–Trinajstić information content (AvgIpc) is 2.85. The van der Waals surface area contributed by atoms with Crippen molar-refractivity contribution in [2.75, 3.05) is 32.8 Å². The summed E-state index contributed by atoms with van der Waals surface area (Å²) in [4.78, 5) is 14.1. The van der Waals surface area contributed by atoms with E-state index < -0.39 is 0 Å². The number of nitrogens with one attached hydrogen (secondary N) is 1. The molecule has 104 valence electrons. The summed E-state index contributed by atoms with van der Waals surface area (Å²) in [6, 6.07) is 0.533. The van der Waals surface area contributed by atoms with E-state index in [1.165, 1.54) is 0 Å². The number of piperidine rings is 1. The first-order valence-electron chi connectivity index (χ1n) is 7.00. The molecule has 2 atom stereocenters. The summed E-state index contributed by atoms with van der Waals surface area (Å²) in [5.41, 5.74) is 5.85. The van der Waals surface area contributed by atoms with Crippen LogP contribution in [0.25, 0.3) is 0 Å². The second-order valence-electron chi connectivity index (χ2n) is 5.59. The molecular formula is C13H25N3O2. The Bertz CT molecular complexity index is 271. The molecule has 0 spiro atoms. The van der Waals surface area contributed by atoms with Gasteiger partial charge in [0.1, 0.15) is 0 Å². The minimum Gasteiger partial charge on any atom is -0.381 e. The van der Waals surface area contributed by atoms with Gasteiger partial charge >= 0.3 is 0 Å². The molecule has 2 fully saturated rings. The molecule has 5 heteroatoms. The van der Waals surface area contributed by atoms with Gasteiger partial charge in [0.05, 0.1) is 13.2 Å². The molecule has 0 aliphatic carbocycles. The maximum atomic E-state index is 11.9. The highest BCUT2D eigenvalue weighted by molar-refractivity contribution is 5.78. The molecule has 0 aromatic heterocycles. The van der Waals surface area contributed by atoms with Gasteiger partial charge in [0.2, 0.25) is 5.91 Å². The molecule has 2 heterocycles. The summed E-state index contributed by atoms with van der Waals surface area (Å²) in [6.07, 6.45) is 3.05. The van der Waals surface area contributed by atoms with Crippen molar-refractivity contribution >= 4 is 5.91 Å². The van der Waals surface area contributed by atoms with Crippen LogP contribution in [0.5, 0.6) is 0 Å². The zero-order chi connectivity index (χ0) is 13.0. The molecule has 0 saturated carbocycles. The van der Waals surface area contributed by atoms with E-state index in [4.69, 9.17) is 10.5 Å². The normalized spacial score (nSPS) is 28.2. The SMILES string of the molecule is CC(NC(=O)CN1CCC(N)CC1)C1CCOC1. The van der Waals surface area contributed by atoms with Gasteiger partial charge in [-0.05, 0) is 26.2 Å². The minimum absolute atomic E-state index is 0.130. The molecule has 3 N–H and O–H groups in total. The Morgan fingerprint density at radius 2 is 2.17 bits per heavy atom. The molecule has 5 nitrogen and oxygen atoms in total. The van der Waals surface area contributed by atoms with Crippen molar-refractivity contribution in [1.29, 1.82) is 0 Å². The van der Waals surface area contributed by atoms with E-state index in [2.05, 4.69) is 17.1 Å². The summed E-state index contributed by atoms with van der Waals surface area (Å²) < 4.78 is 5.35. The van der Waals surface area contributed by atoms with E-state index in [0.717, 1.165) is 45.6 Å². The Morgan fingerprint density at radius 3 is 2.78 bits per heavy atom. The fraction of sp³-hybridized carbons (Fsp3) is 0.923. The predicted octanol–water partition coefficient (Wildman–Crippen LogP) is -0.0493. The van der Waals surface area contributed by atoms with Crippen LogP contribution in [0.1, 0.15) is 26.2 Å². The minimum atomic E-state index is 0.130. The molecular weight excluding hydrogens is 230 g/mol. The van der Waals surface area contributed by atoms with Gasteiger partial charge in [0.15, 0.2) is 0 Å². The quantitative estimate of drug-likeness (QED) is 0.739. The number of carbonyl (C=O) groups excluding carboxylic acids is 1. The first kappa shape index (κ1) is 13.8. The van der Waals surface area contributed by atoms with Crippen molar-refractivity contribution < 1.29 is 9.53 Å². The van der Waals surface area contributed by atoms with E-state index in [1.807, 2.05) is 0 Å². The van der Waals surface area contributed by atoms with Crippen LogP contribution in [0.3, 0.4) is 0 Å². The molecule has 0 aromatic carbocycles. The Labute approximate surface area is 109 Å². The summed E-state index contributed by atoms with van der Waals surface area (Å²) in [5, 5.41) is 3.09. The van der Waals surface area contributed by atoms with E-state index >= 15 is 0 Å². The zero-order valence-corrected chi connectivity index (χ0v) is 11.2. The summed E-state index contributed by atoms with van der Waals surface area (Å²) >= 11 is 0. The lowest BCUT2D eigenvalue weighted by molar-refractivity contribution is -0.123. The maximum absolute atomic E-state index is 11.9. The smallest absolute Gasteiger partial charge is 0.234 e. The molecule has 0 radical (unpaired) electrons. The van der Waals surface area contributed by atoms with Gasteiger partial charge in [-0.15, -0.1) is 0 Å². The highest BCUT2D eigenvalue weighted by Crippen LogP contribution is 2.16. The fourth-order valence-corrected chi connectivity index (χ4v) is 2.68. The van der Waals surface area contributed by atoms with Crippen LogP contribution in [0.2, 0.25) is 0 Å². The molecule has 2 aliphatic rings. The van der Waals surface area contributed by atoms with Crippen molar-refractivity contribution in [2.24, 2.45) is 11.7 Å². The highest BCUT2D eigenvalue weighted by Gasteiger charge is 2.24. The number of hydrogen-bond donors (Lipinski definition) is 2. The summed E-state index contributed by atoms with van der Waals surface area (Å²) in [5.74, 6) is 0.605. The number of ether oxygens (including phenoxy) is 1. The monoisotopic (exact) mass is 255 g/mol. The number of nitrogens with two attached hydrogens (primary N) is 1. The predicted molar refractivity (Wildman–Crippen MR) is 70.2 cm³/mol. The zero-order valence-electron chi connectivity index (χ0n) is 11.2. The third kappa shape index (κ3) is 3.93. The Kier molecular flexibility index (Phi) is 4.97. The second-order valence-corrected chi connectivity index (χ2v) is 5.59. The third-order valence-electron chi connectivity index (χ3n) is 4.06. The average molecular weight is 255 g/mol. The van der Waals surface area contributed by atoms with E-state index in [-0.39, 0.29) is 11.9 Å². The second kappa shape index (κ2) is 6.50. The van der Waals surface area contributed by atoms with Crippen molar-refractivity contribution in [2.45, 2.75) is 38.3 Å². The molecule has 2 rings (SSSR count). The molecule has 0 aromatic rings. The van der Waals surface area contributed by atoms with Crippen LogP contribution in [0.4, 0.5) is 0 Å². The van der Waals surface area contributed by atoms with E-state index in [1.54, 1.807) is 0 Å². The van der Waals surface area contributed by atoms with Gasteiger partial charge in [-0.3, -0.25) is 9.69 Å². The van der Waals surface area contributed by atoms with Crippen LogP contribution in [0, 0.1) is 5.92 Å². The van der Waals surface area contributed by atoms with Crippen molar-refractivity contribution in [3.8, 4) is 0 Å². The van der Waals surface area contributed by atoms with Crippen LogP contribution in [-0.2, 0) is 9.53 Å². The van der Waals surface area contributed by atoms with Crippen LogP contribution < -0.4 is 11.1 Å². The fourth-order valence-electron chi connectivity index (χ4n) is 2.68. The molecule has 1 amide bonds. The lowest BCUT2D eigenvalue weighted by Crippen LogP contribution is -2.47. The van der Waals surface area contributed by atoms with Crippen LogP contribution >= 0.6 is 0 Å². The number of nitrogens with zero attached hydrogens (tertiary/aromatic N) is 1. The van der Waals surface area contributed by atoms with Crippen molar-refractivity contribution in [1.82, 2.24) is 10.2 Å². The number of amides is 1. The largest absolute Gasteiger partial charge is 0.381 e. The van der Waals surface area contributed by atoms with Crippen LogP contribution in [0.15, 0.2) is 0 Å². The molecule has 2 unspecified atom stereocenters. The van der Waals surface area contributed by atoms with E-state index in [9.17, 15) is 4.79 Å². The lowest BCUT2D eigenvalue weighted by Gasteiger charge is -2.30. The lowest BCUT2D eigenvalue weighted by atomic mass is 10.0. The first-order valence-corrected chi connectivity index (χ1v) is 7.00. The van der Waals surface area contributed by atoms with Gasteiger partial charge in [0, 0.05) is 37.7 Å². The number of carbonyl (C=O) groups is 1. The Hall–Kier alpha value is -0.650. The topological polar surface area (TPSA) is 67.6 Å². The van der Waals surface area contributed by atoms with E-state index in [0.29, 0.717) is 18.5 Å². The van der Waals surface area contributed by atoms with Gasteiger partial charge in [0.25, 0.3) is 0 Å². The molecule has 0 bridgehead atoms. The van der Waals surface area contributed by atoms with Gasteiger partial charge in [-0.1, -0.05) is 0 Å². The maximum Gasteiger partial charge on any atom is 0.234 e. The van der Waals surface area contributed by atoms with Crippen molar-refractivity contribution in [3.63, 3.8) is 0 Å². The number of rotatable bonds is 4. The Morgan fingerprint density at radius 1 is 1.44 bits per heavy atom. The highest BCUT2D eigenvalue weighted by atomic mass is 16.5. The standard InChI is InChI=1S/C13H25N3O2/c1-10(11-4-7-18-9-11)15-13(17)8-16-5-2-12(14)3-6-16/h10-12H,2-9,14H2,1H3,(H,15,17). The number of likely N-dealkylation sites (tertiary alicyclic amines) is 1. The first-order chi connectivity index (χ1) is 8.65. The Balaban J connectivity index is 1.68. The van der Waals surface area contributed by atoms with Crippen molar-refractivity contribution in [3.05, 3.63) is 0 Å². The number of hydrogen-bond acceptors (Lipinski definition) is 4. The van der Waals surface area contributed by atoms with Crippen LogP contribution in [-0.4, -0.2) is 55.7 Å². The molecule has 18 heavy (non-hydrogen) atoms.